The Balaban J connectivity index is 0.00000112. The maximum atomic E-state index is 11.3. The van der Waals surface area contributed by atoms with Crippen molar-refractivity contribution >= 4 is 18.4 Å². The number of nitrogens with two attached hydrogens (primary N) is 1. The highest BCUT2D eigenvalue weighted by Gasteiger charge is 2.25. The SMILES string of the molecule is COC(=O)c1n[nH]c2c1CC(N)CC2.Cl. The van der Waals surface area contributed by atoms with Crippen LogP contribution in [-0.2, 0) is 17.6 Å². The largest absolute Gasteiger partial charge is 0.464 e. The second kappa shape index (κ2) is 4.63. The predicted octanol–water partition coefficient (Wildman–Crippen LogP) is 0.434. The highest BCUT2D eigenvalue weighted by molar-refractivity contribution is 5.89. The number of fused-ring (bicyclic) bond motifs is 1. The fraction of sp³-hybridized carbons (Fsp3) is 0.556. The van der Waals surface area contributed by atoms with E-state index in [2.05, 4.69) is 14.9 Å². The number of halogens is 1. The zero-order valence-corrected chi connectivity index (χ0v) is 9.26. The third-order valence-corrected chi connectivity index (χ3v) is 2.56. The van der Waals surface area contributed by atoms with Crippen molar-refractivity contribution in [1.29, 1.82) is 0 Å². The monoisotopic (exact) mass is 231 g/mol. The lowest BCUT2D eigenvalue weighted by Gasteiger charge is -2.17. The molecule has 5 nitrogen and oxygen atoms in total. The van der Waals surface area contributed by atoms with Gasteiger partial charge in [-0.05, 0) is 19.3 Å². The molecular formula is C9H14ClN3O2. The van der Waals surface area contributed by atoms with Crippen LogP contribution in [0.2, 0.25) is 0 Å². The lowest BCUT2D eigenvalue weighted by molar-refractivity contribution is 0.0592. The molecule has 0 fully saturated rings. The Kier molecular flexibility index (Phi) is 3.71. The number of H-pyrrole nitrogens is 1. The van der Waals surface area contributed by atoms with Gasteiger partial charge < -0.3 is 10.5 Å². The van der Waals surface area contributed by atoms with E-state index < -0.39 is 5.97 Å². The van der Waals surface area contributed by atoms with E-state index in [1.54, 1.807) is 0 Å². The van der Waals surface area contributed by atoms with E-state index in [0.717, 1.165) is 24.1 Å². The lowest BCUT2D eigenvalue weighted by atomic mass is 9.92. The summed E-state index contributed by atoms with van der Waals surface area (Å²) in [5.74, 6) is -0.392. The van der Waals surface area contributed by atoms with Gasteiger partial charge in [0.1, 0.15) is 0 Å². The molecule has 1 aromatic rings. The summed E-state index contributed by atoms with van der Waals surface area (Å²) < 4.78 is 4.63. The summed E-state index contributed by atoms with van der Waals surface area (Å²) >= 11 is 0. The standard InChI is InChI=1S/C9H13N3O2.ClH/c1-14-9(13)8-6-4-5(10)2-3-7(6)11-12-8;/h5H,2-4,10H2,1H3,(H,11,12);1H. The number of nitrogens with one attached hydrogen (secondary N) is 1. The Morgan fingerprint density at radius 1 is 1.67 bits per heavy atom. The van der Waals surface area contributed by atoms with Crippen LogP contribution in [-0.4, -0.2) is 29.3 Å². The van der Waals surface area contributed by atoms with Crippen molar-refractivity contribution < 1.29 is 9.53 Å². The van der Waals surface area contributed by atoms with Crippen LogP contribution in [0.25, 0.3) is 0 Å². The smallest absolute Gasteiger partial charge is 0.358 e. The van der Waals surface area contributed by atoms with E-state index in [9.17, 15) is 4.79 Å². The van der Waals surface area contributed by atoms with Gasteiger partial charge in [0.25, 0.3) is 0 Å². The minimum absolute atomic E-state index is 0. The zero-order valence-electron chi connectivity index (χ0n) is 8.45. The van der Waals surface area contributed by atoms with E-state index in [0.29, 0.717) is 12.1 Å². The number of carbonyl (C=O) groups is 1. The van der Waals surface area contributed by atoms with Gasteiger partial charge in [-0.1, -0.05) is 0 Å². The number of esters is 1. The quantitative estimate of drug-likeness (QED) is 0.687. The summed E-state index contributed by atoms with van der Waals surface area (Å²) in [5, 5.41) is 6.80. The normalized spacial score (nSPS) is 18.9. The third-order valence-electron chi connectivity index (χ3n) is 2.56. The van der Waals surface area contributed by atoms with Gasteiger partial charge in [-0.25, -0.2) is 4.79 Å². The Morgan fingerprint density at radius 2 is 2.40 bits per heavy atom. The molecule has 0 aromatic carbocycles. The van der Waals surface area contributed by atoms with Gasteiger partial charge in [-0.2, -0.15) is 5.10 Å². The summed E-state index contributed by atoms with van der Waals surface area (Å²) in [6.45, 7) is 0. The van der Waals surface area contributed by atoms with Crippen LogP contribution in [0.5, 0.6) is 0 Å². The molecule has 2 rings (SSSR count). The van der Waals surface area contributed by atoms with Gasteiger partial charge in [0.2, 0.25) is 0 Å². The summed E-state index contributed by atoms with van der Waals surface area (Å²) in [6.07, 6.45) is 2.51. The molecule has 0 aliphatic heterocycles. The molecule has 3 N–H and O–H groups in total. The van der Waals surface area contributed by atoms with Gasteiger partial charge in [-0.15, -0.1) is 12.4 Å². The first kappa shape index (κ1) is 12.0. The Bertz CT molecular complexity index is 364. The molecule has 6 heteroatoms. The van der Waals surface area contributed by atoms with Gasteiger partial charge in [0.05, 0.1) is 7.11 Å². The fourth-order valence-corrected chi connectivity index (χ4v) is 1.79. The Hall–Kier alpha value is -1.07. The van der Waals surface area contributed by atoms with E-state index in [-0.39, 0.29) is 18.4 Å². The molecule has 0 radical (unpaired) electrons. The van der Waals surface area contributed by atoms with Gasteiger partial charge in [0, 0.05) is 17.3 Å². The average molecular weight is 232 g/mol. The molecule has 1 atom stereocenters. The fourth-order valence-electron chi connectivity index (χ4n) is 1.79. The first-order valence-electron chi connectivity index (χ1n) is 4.62. The van der Waals surface area contributed by atoms with E-state index in [1.165, 1.54) is 7.11 Å². The first-order valence-corrected chi connectivity index (χ1v) is 4.62. The lowest BCUT2D eigenvalue weighted by Crippen LogP contribution is -2.28. The van der Waals surface area contributed by atoms with Crippen molar-refractivity contribution in [2.45, 2.75) is 25.3 Å². The van der Waals surface area contributed by atoms with Crippen LogP contribution < -0.4 is 5.73 Å². The van der Waals surface area contributed by atoms with Crippen molar-refractivity contribution in [3.63, 3.8) is 0 Å². The maximum Gasteiger partial charge on any atom is 0.358 e. The minimum atomic E-state index is -0.392. The zero-order chi connectivity index (χ0) is 10.1. The molecule has 1 aromatic heterocycles. The van der Waals surface area contributed by atoms with Crippen LogP contribution in [0.15, 0.2) is 0 Å². The minimum Gasteiger partial charge on any atom is -0.464 e. The number of aromatic amines is 1. The number of carbonyl (C=O) groups excluding carboxylic acids is 1. The van der Waals surface area contributed by atoms with Crippen LogP contribution >= 0.6 is 12.4 Å². The van der Waals surface area contributed by atoms with Crippen molar-refractivity contribution in [2.24, 2.45) is 5.73 Å². The van der Waals surface area contributed by atoms with Crippen LogP contribution in [0.4, 0.5) is 0 Å². The molecule has 0 spiro atoms. The van der Waals surface area contributed by atoms with Crippen LogP contribution in [0.3, 0.4) is 0 Å². The number of methoxy groups -OCH3 is 1. The molecule has 0 bridgehead atoms. The first-order chi connectivity index (χ1) is 6.72. The molecule has 0 saturated heterocycles. The Morgan fingerprint density at radius 3 is 3.07 bits per heavy atom. The number of aryl methyl sites for hydroxylation is 1. The molecule has 1 aliphatic carbocycles. The average Bonchev–Trinajstić information content (AvgIpc) is 2.59. The van der Waals surface area contributed by atoms with Gasteiger partial charge in [-0.3, -0.25) is 5.10 Å². The molecule has 1 aliphatic rings. The highest BCUT2D eigenvalue weighted by atomic mass is 35.5. The predicted molar refractivity (Wildman–Crippen MR) is 57.2 cm³/mol. The topological polar surface area (TPSA) is 81.0 Å². The van der Waals surface area contributed by atoms with E-state index in [1.807, 2.05) is 0 Å². The second-order valence-electron chi connectivity index (χ2n) is 3.52. The number of nitrogens with zero attached hydrogens (tertiary/aromatic N) is 1. The molecule has 0 amide bonds. The molecule has 1 unspecified atom stereocenters. The molecule has 1 heterocycles. The van der Waals surface area contributed by atoms with Crippen LogP contribution in [0, 0.1) is 0 Å². The van der Waals surface area contributed by atoms with Crippen molar-refractivity contribution in [3.8, 4) is 0 Å². The Labute approximate surface area is 93.8 Å². The number of ether oxygens (including phenoxy) is 1. The second-order valence-corrected chi connectivity index (χ2v) is 3.52. The number of hydrogen-bond donors (Lipinski definition) is 2. The van der Waals surface area contributed by atoms with E-state index in [4.69, 9.17) is 5.73 Å². The number of rotatable bonds is 1. The van der Waals surface area contributed by atoms with Crippen LogP contribution in [0.1, 0.15) is 28.2 Å². The van der Waals surface area contributed by atoms with Crippen molar-refractivity contribution in [1.82, 2.24) is 10.2 Å². The maximum absolute atomic E-state index is 11.3. The molecule has 0 saturated carbocycles. The molecular weight excluding hydrogens is 218 g/mol. The van der Waals surface area contributed by atoms with Crippen molar-refractivity contribution in [2.75, 3.05) is 7.11 Å². The summed E-state index contributed by atoms with van der Waals surface area (Å²) in [7, 11) is 1.35. The van der Waals surface area contributed by atoms with Gasteiger partial charge >= 0.3 is 5.97 Å². The van der Waals surface area contributed by atoms with Gasteiger partial charge in [0.15, 0.2) is 5.69 Å². The number of hydrogen-bond acceptors (Lipinski definition) is 4. The van der Waals surface area contributed by atoms with Crippen molar-refractivity contribution in [3.05, 3.63) is 17.0 Å². The summed E-state index contributed by atoms with van der Waals surface area (Å²) in [4.78, 5) is 11.3. The van der Waals surface area contributed by atoms with E-state index >= 15 is 0 Å². The molecule has 15 heavy (non-hydrogen) atoms. The number of aromatic nitrogens is 2. The summed E-state index contributed by atoms with van der Waals surface area (Å²) in [6, 6.07) is 0.128. The highest BCUT2D eigenvalue weighted by Crippen LogP contribution is 2.21. The summed E-state index contributed by atoms with van der Waals surface area (Å²) in [5.41, 5.74) is 8.16. The molecule has 84 valence electrons. The third kappa shape index (κ3) is 2.13.